The number of aromatic nitrogens is 1. The quantitative estimate of drug-likeness (QED) is 0.741. The Labute approximate surface area is 119 Å². The minimum atomic E-state index is -2.44. The van der Waals surface area contributed by atoms with E-state index >= 15 is 0 Å². The van der Waals surface area contributed by atoms with Crippen LogP contribution in [0.4, 0.5) is 8.78 Å². The molecule has 0 saturated carbocycles. The van der Waals surface area contributed by atoms with Crippen molar-refractivity contribution in [3.05, 3.63) is 40.9 Å². The van der Waals surface area contributed by atoms with Crippen LogP contribution >= 0.6 is 22.9 Å². The first-order valence-electron chi connectivity index (χ1n) is 5.64. The summed E-state index contributed by atoms with van der Waals surface area (Å²) in [6, 6.07) is 7.51. The number of halogens is 3. The van der Waals surface area contributed by atoms with Gasteiger partial charge < -0.3 is 4.74 Å². The van der Waals surface area contributed by atoms with Gasteiger partial charge in [0.15, 0.2) is 0 Å². The maximum atomic E-state index is 12.0. The van der Waals surface area contributed by atoms with E-state index in [0.29, 0.717) is 5.88 Å². The monoisotopic (exact) mass is 303 g/mol. The van der Waals surface area contributed by atoms with Crippen LogP contribution in [0.1, 0.15) is 11.3 Å². The molecule has 0 aliphatic heterocycles. The van der Waals surface area contributed by atoms with Gasteiger partial charge >= 0.3 is 0 Å². The number of ether oxygens (including phenoxy) is 1. The molecule has 6 heteroatoms. The van der Waals surface area contributed by atoms with Gasteiger partial charge in [-0.05, 0) is 11.6 Å². The van der Waals surface area contributed by atoms with E-state index in [2.05, 4.69) is 4.98 Å². The number of nitrogens with zero attached hydrogens (tertiary/aromatic N) is 1. The van der Waals surface area contributed by atoms with Crippen molar-refractivity contribution in [3.63, 3.8) is 0 Å². The summed E-state index contributed by atoms with van der Waals surface area (Å²) in [5.41, 5.74) is 2.63. The Morgan fingerprint density at radius 2 is 2.21 bits per heavy atom. The third-order valence-electron chi connectivity index (χ3n) is 2.38. The van der Waals surface area contributed by atoms with Gasteiger partial charge in [0.1, 0.15) is 11.6 Å². The smallest absolute Gasteiger partial charge is 0.261 e. The molecular formula is C13H12ClF2NOS. The predicted molar refractivity (Wildman–Crippen MR) is 72.8 cm³/mol. The molecule has 102 valence electrons. The molecule has 0 unspecified atom stereocenters. The van der Waals surface area contributed by atoms with E-state index in [-0.39, 0.29) is 6.61 Å². The summed E-state index contributed by atoms with van der Waals surface area (Å²) in [5.74, 6) is 0.383. The lowest BCUT2D eigenvalue weighted by molar-refractivity contribution is 0.00989. The fraction of sp³-hybridized carbons (Fsp3) is 0.308. The number of thiazole rings is 1. The fourth-order valence-corrected chi connectivity index (χ4v) is 2.61. The molecule has 1 aromatic carbocycles. The Bertz CT molecular complexity index is 533. The van der Waals surface area contributed by atoms with Crippen molar-refractivity contribution in [2.24, 2.45) is 0 Å². The molecule has 0 saturated heterocycles. The third kappa shape index (κ3) is 4.23. The molecule has 0 spiro atoms. The average Bonchev–Trinajstić information content (AvgIpc) is 2.87. The fourth-order valence-electron chi connectivity index (χ4n) is 1.56. The third-order valence-corrected chi connectivity index (χ3v) is 3.59. The van der Waals surface area contributed by atoms with E-state index in [9.17, 15) is 8.78 Å². The molecule has 0 atom stereocenters. The molecule has 0 aliphatic rings. The average molecular weight is 304 g/mol. The second-order valence-corrected chi connectivity index (χ2v) is 5.01. The Kier molecular flexibility index (Phi) is 5.24. The van der Waals surface area contributed by atoms with E-state index in [1.165, 1.54) is 11.3 Å². The summed E-state index contributed by atoms with van der Waals surface area (Å²) in [7, 11) is 0. The maximum absolute atomic E-state index is 12.0. The number of hydrogen-bond acceptors (Lipinski definition) is 3. The highest BCUT2D eigenvalue weighted by atomic mass is 35.5. The maximum Gasteiger partial charge on any atom is 0.261 e. The van der Waals surface area contributed by atoms with Crippen LogP contribution in [0.3, 0.4) is 0 Å². The molecule has 0 amide bonds. The van der Waals surface area contributed by atoms with Gasteiger partial charge in [-0.3, -0.25) is 0 Å². The first-order valence-corrected chi connectivity index (χ1v) is 7.06. The second kappa shape index (κ2) is 6.93. The van der Waals surface area contributed by atoms with Gasteiger partial charge in [0.2, 0.25) is 0 Å². The van der Waals surface area contributed by atoms with Crippen molar-refractivity contribution in [2.45, 2.75) is 18.9 Å². The molecule has 0 radical (unpaired) electrons. The van der Waals surface area contributed by atoms with Gasteiger partial charge in [0.05, 0.1) is 18.2 Å². The van der Waals surface area contributed by atoms with Crippen LogP contribution in [-0.4, -0.2) is 18.0 Å². The number of benzene rings is 1. The van der Waals surface area contributed by atoms with Crippen molar-refractivity contribution in [1.29, 1.82) is 0 Å². The van der Waals surface area contributed by atoms with Crippen LogP contribution in [0, 0.1) is 0 Å². The first-order chi connectivity index (χ1) is 9.19. The number of hydrogen-bond donors (Lipinski definition) is 0. The summed E-state index contributed by atoms with van der Waals surface area (Å²) >= 11 is 7.22. The SMILES string of the molecule is FC(F)COCc1cccc(-c2nc(CCl)cs2)c1. The topological polar surface area (TPSA) is 22.1 Å². The van der Waals surface area contributed by atoms with Crippen LogP contribution in [0.15, 0.2) is 29.6 Å². The Balaban J connectivity index is 2.06. The van der Waals surface area contributed by atoms with Crippen LogP contribution < -0.4 is 0 Å². The van der Waals surface area contributed by atoms with Crippen molar-refractivity contribution >= 4 is 22.9 Å². The zero-order valence-electron chi connectivity index (χ0n) is 9.98. The molecule has 0 N–H and O–H groups in total. The summed E-state index contributed by atoms with van der Waals surface area (Å²) in [4.78, 5) is 4.37. The molecule has 2 nitrogen and oxygen atoms in total. The summed E-state index contributed by atoms with van der Waals surface area (Å²) < 4.78 is 28.9. The van der Waals surface area contributed by atoms with E-state index in [4.69, 9.17) is 16.3 Å². The van der Waals surface area contributed by atoms with Crippen molar-refractivity contribution < 1.29 is 13.5 Å². The Hall–Kier alpha value is -1.04. The standard InChI is InChI=1S/C13H12ClF2NOS/c14-5-11-8-19-13(17-11)10-3-1-2-9(4-10)6-18-7-12(15)16/h1-4,8,12H,5-7H2. The lowest BCUT2D eigenvalue weighted by Gasteiger charge is -2.05. The van der Waals surface area contributed by atoms with Gasteiger partial charge in [-0.15, -0.1) is 22.9 Å². The lowest BCUT2D eigenvalue weighted by Crippen LogP contribution is -2.04. The zero-order valence-corrected chi connectivity index (χ0v) is 11.6. The minimum Gasteiger partial charge on any atom is -0.371 e. The summed E-state index contributed by atoms with van der Waals surface area (Å²) in [6.45, 7) is -0.371. The van der Waals surface area contributed by atoms with Crippen LogP contribution in [-0.2, 0) is 17.2 Å². The Morgan fingerprint density at radius 1 is 1.37 bits per heavy atom. The van der Waals surface area contributed by atoms with Crippen molar-refractivity contribution in [2.75, 3.05) is 6.61 Å². The summed E-state index contributed by atoms with van der Waals surface area (Å²) in [6.07, 6.45) is -2.44. The second-order valence-electron chi connectivity index (χ2n) is 3.88. The van der Waals surface area contributed by atoms with E-state index in [0.717, 1.165) is 21.8 Å². The molecule has 0 aliphatic carbocycles. The number of rotatable bonds is 6. The number of alkyl halides is 3. The molecule has 0 fully saturated rings. The Morgan fingerprint density at radius 3 is 2.89 bits per heavy atom. The van der Waals surface area contributed by atoms with Gasteiger partial charge in [-0.1, -0.05) is 18.2 Å². The minimum absolute atomic E-state index is 0.173. The highest BCUT2D eigenvalue weighted by molar-refractivity contribution is 7.13. The van der Waals surface area contributed by atoms with Gasteiger partial charge in [-0.2, -0.15) is 0 Å². The highest BCUT2D eigenvalue weighted by Gasteiger charge is 2.06. The van der Waals surface area contributed by atoms with E-state index in [1.807, 2.05) is 29.6 Å². The highest BCUT2D eigenvalue weighted by Crippen LogP contribution is 2.25. The molecular weight excluding hydrogens is 292 g/mol. The summed E-state index contributed by atoms with van der Waals surface area (Å²) in [5, 5.41) is 2.77. The van der Waals surface area contributed by atoms with E-state index < -0.39 is 13.0 Å². The van der Waals surface area contributed by atoms with Crippen LogP contribution in [0.5, 0.6) is 0 Å². The molecule has 1 heterocycles. The van der Waals surface area contributed by atoms with E-state index in [1.54, 1.807) is 0 Å². The van der Waals surface area contributed by atoms with Crippen molar-refractivity contribution in [1.82, 2.24) is 4.98 Å². The largest absolute Gasteiger partial charge is 0.371 e. The van der Waals surface area contributed by atoms with Crippen molar-refractivity contribution in [3.8, 4) is 10.6 Å². The predicted octanol–water partition coefficient (Wildman–Crippen LogP) is 4.33. The molecule has 19 heavy (non-hydrogen) atoms. The van der Waals surface area contributed by atoms with Gasteiger partial charge in [0, 0.05) is 10.9 Å². The molecule has 1 aromatic heterocycles. The lowest BCUT2D eigenvalue weighted by atomic mass is 10.1. The van der Waals surface area contributed by atoms with Crippen LogP contribution in [0.2, 0.25) is 0 Å². The zero-order chi connectivity index (χ0) is 13.7. The molecule has 2 rings (SSSR count). The van der Waals surface area contributed by atoms with Gasteiger partial charge in [0.25, 0.3) is 6.43 Å². The van der Waals surface area contributed by atoms with Crippen LogP contribution in [0.25, 0.3) is 10.6 Å². The van der Waals surface area contributed by atoms with Gasteiger partial charge in [-0.25, -0.2) is 13.8 Å². The molecule has 2 aromatic rings. The normalized spacial score (nSPS) is 11.2. The first kappa shape index (κ1) is 14.4. The molecule has 0 bridgehead atoms.